The van der Waals surface area contributed by atoms with Crippen molar-refractivity contribution in [2.24, 2.45) is 0 Å². The van der Waals surface area contributed by atoms with Gasteiger partial charge in [-0.25, -0.2) is 0 Å². The van der Waals surface area contributed by atoms with Gasteiger partial charge in [-0.15, -0.1) is 0 Å². The summed E-state index contributed by atoms with van der Waals surface area (Å²) in [6, 6.07) is 28.3. The molecule has 0 fully saturated rings. The first-order valence-corrected chi connectivity index (χ1v) is 13.0. The number of halogens is 1. The first-order chi connectivity index (χ1) is 18.9. The van der Waals surface area contributed by atoms with Crippen LogP contribution in [0.5, 0.6) is 17.2 Å². The maximum atomic E-state index is 13.8. The number of rotatable bonds is 6. The van der Waals surface area contributed by atoms with Gasteiger partial charge in [-0.05, 0) is 66.9 Å². The number of phenols is 1. The molecule has 0 aliphatic carbocycles. The number of aryl methyl sites for hydroxylation is 2. The first kappa shape index (κ1) is 24.8. The van der Waals surface area contributed by atoms with Crippen molar-refractivity contribution in [2.75, 3.05) is 0 Å². The minimum absolute atomic E-state index is 0.0514. The van der Waals surface area contributed by atoms with Crippen LogP contribution in [0, 0.1) is 13.8 Å². The van der Waals surface area contributed by atoms with E-state index in [0.29, 0.717) is 39.8 Å². The van der Waals surface area contributed by atoms with Crippen molar-refractivity contribution in [1.82, 2.24) is 15.1 Å². The Morgan fingerprint density at radius 3 is 2.46 bits per heavy atom. The largest absolute Gasteiger partial charge is 0.507 e. The Kier molecular flexibility index (Phi) is 6.33. The van der Waals surface area contributed by atoms with Crippen LogP contribution in [0.25, 0.3) is 11.3 Å². The van der Waals surface area contributed by atoms with Crippen LogP contribution in [-0.2, 0) is 6.54 Å². The minimum atomic E-state index is -0.471. The monoisotopic (exact) mass is 535 g/mol. The number of benzene rings is 4. The lowest BCUT2D eigenvalue weighted by atomic mass is 9.95. The summed E-state index contributed by atoms with van der Waals surface area (Å²) in [5.74, 6) is 1.26. The highest BCUT2D eigenvalue weighted by Gasteiger charge is 2.42. The molecule has 2 N–H and O–H groups in total. The lowest BCUT2D eigenvalue weighted by molar-refractivity contribution is 0.0730. The van der Waals surface area contributed by atoms with E-state index in [1.54, 1.807) is 12.1 Å². The van der Waals surface area contributed by atoms with Crippen molar-refractivity contribution < 1.29 is 14.6 Å². The number of hydrogen-bond acceptors (Lipinski definition) is 4. The van der Waals surface area contributed by atoms with Gasteiger partial charge in [0.15, 0.2) is 0 Å². The number of ether oxygens (including phenoxy) is 1. The third-order valence-corrected chi connectivity index (χ3v) is 7.43. The number of aromatic nitrogens is 2. The number of aromatic amines is 1. The van der Waals surface area contributed by atoms with Crippen LogP contribution in [0.15, 0.2) is 91.0 Å². The standard InChI is InChI=1S/C32H26ClN3O3/c1-19-11-13-21(14-12-19)18-36-31(22-7-6-10-24(16-22)39-23-8-4-3-5-9-23)28-29(34-35-30(28)32(36)38)25-17-26(33)20(2)15-27(25)37/h3-17,31,37H,18H2,1-2H3,(H,34,35). The van der Waals surface area contributed by atoms with Gasteiger partial charge in [0.25, 0.3) is 5.91 Å². The van der Waals surface area contributed by atoms with Crippen molar-refractivity contribution in [2.45, 2.75) is 26.4 Å². The number of phenolic OH excluding ortho intramolecular Hbond substituents is 1. The lowest BCUT2D eigenvalue weighted by Gasteiger charge is -2.27. The zero-order valence-corrected chi connectivity index (χ0v) is 22.2. The summed E-state index contributed by atoms with van der Waals surface area (Å²) in [4.78, 5) is 15.6. The van der Waals surface area contributed by atoms with Crippen molar-refractivity contribution in [1.29, 1.82) is 0 Å². The number of nitrogens with one attached hydrogen (secondary N) is 1. The van der Waals surface area contributed by atoms with Gasteiger partial charge in [0.05, 0.1) is 6.04 Å². The number of H-pyrrole nitrogens is 1. The molecular weight excluding hydrogens is 510 g/mol. The molecule has 0 spiro atoms. The number of carbonyl (C=O) groups excluding carboxylic acids is 1. The zero-order valence-electron chi connectivity index (χ0n) is 21.5. The molecule has 1 amide bonds. The van der Waals surface area contributed by atoms with E-state index in [1.165, 1.54) is 0 Å². The van der Waals surface area contributed by atoms with Gasteiger partial charge in [0.1, 0.15) is 28.6 Å². The predicted molar refractivity (Wildman–Crippen MR) is 151 cm³/mol. The second-order valence-corrected chi connectivity index (χ2v) is 10.2. The fraction of sp³-hybridized carbons (Fsp3) is 0.125. The Morgan fingerprint density at radius 2 is 1.69 bits per heavy atom. The molecule has 194 valence electrons. The van der Waals surface area contributed by atoms with Crippen molar-refractivity contribution >= 4 is 17.5 Å². The summed E-state index contributed by atoms with van der Waals surface area (Å²) < 4.78 is 6.12. The van der Waals surface area contributed by atoms with Crippen molar-refractivity contribution in [3.63, 3.8) is 0 Å². The number of hydrogen-bond donors (Lipinski definition) is 2. The summed E-state index contributed by atoms with van der Waals surface area (Å²) in [5.41, 5.74) is 5.83. The highest BCUT2D eigenvalue weighted by Crippen LogP contribution is 2.46. The van der Waals surface area contributed by atoms with Crippen LogP contribution in [0.2, 0.25) is 5.02 Å². The SMILES string of the molecule is Cc1ccc(CN2C(=O)c3[nH]nc(-c4cc(Cl)c(C)cc4O)c3C2c2cccc(Oc3ccccc3)c2)cc1. The van der Waals surface area contributed by atoms with Crippen molar-refractivity contribution in [3.05, 3.63) is 130 Å². The molecule has 39 heavy (non-hydrogen) atoms. The van der Waals surface area contributed by atoms with Crippen LogP contribution in [0.4, 0.5) is 0 Å². The van der Waals surface area contributed by atoms with Crippen LogP contribution < -0.4 is 4.74 Å². The van der Waals surface area contributed by atoms with E-state index in [0.717, 1.165) is 28.0 Å². The molecule has 1 aliphatic heterocycles. The number of amides is 1. The Bertz CT molecular complexity index is 1680. The number of nitrogens with zero attached hydrogens (tertiary/aromatic N) is 2. The van der Waals surface area contributed by atoms with E-state index in [4.69, 9.17) is 16.3 Å². The Hall–Kier alpha value is -4.55. The summed E-state index contributed by atoms with van der Waals surface area (Å²) in [5, 5.41) is 18.8. The number of fused-ring (bicyclic) bond motifs is 1. The number of carbonyl (C=O) groups is 1. The normalized spacial score (nSPS) is 14.5. The Labute approximate surface area is 231 Å². The zero-order chi connectivity index (χ0) is 27.1. The third-order valence-electron chi connectivity index (χ3n) is 7.02. The van der Waals surface area contributed by atoms with Crippen molar-refractivity contribution in [3.8, 4) is 28.5 Å². The van der Waals surface area contributed by atoms with Crippen LogP contribution in [0.1, 0.15) is 44.3 Å². The molecule has 1 unspecified atom stereocenters. The first-order valence-electron chi connectivity index (χ1n) is 12.7. The molecular formula is C32H26ClN3O3. The average molecular weight is 536 g/mol. The maximum Gasteiger partial charge on any atom is 0.273 e. The molecule has 2 heterocycles. The third kappa shape index (κ3) is 4.64. The summed E-state index contributed by atoms with van der Waals surface area (Å²) >= 11 is 6.44. The van der Waals surface area contributed by atoms with Gasteiger partial charge in [-0.3, -0.25) is 9.89 Å². The van der Waals surface area contributed by atoms with Gasteiger partial charge in [-0.1, -0.05) is 71.8 Å². The van der Waals surface area contributed by atoms with Crippen LogP contribution in [-0.4, -0.2) is 26.1 Å². The number of para-hydroxylation sites is 1. The van der Waals surface area contributed by atoms with E-state index >= 15 is 0 Å². The molecule has 0 saturated heterocycles. The second-order valence-electron chi connectivity index (χ2n) is 9.79. The van der Waals surface area contributed by atoms with Gasteiger partial charge in [-0.2, -0.15) is 5.10 Å². The summed E-state index contributed by atoms with van der Waals surface area (Å²) in [7, 11) is 0. The van der Waals surface area contributed by atoms with Gasteiger partial charge in [0.2, 0.25) is 0 Å². The molecule has 5 aromatic rings. The molecule has 4 aromatic carbocycles. The van der Waals surface area contributed by atoms with Crippen LogP contribution >= 0.6 is 11.6 Å². The van der Waals surface area contributed by atoms with Gasteiger partial charge in [0, 0.05) is 22.7 Å². The Balaban J connectivity index is 1.48. The predicted octanol–water partition coefficient (Wildman–Crippen LogP) is 7.59. The smallest absolute Gasteiger partial charge is 0.273 e. The maximum absolute atomic E-state index is 13.8. The molecule has 7 heteroatoms. The lowest BCUT2D eigenvalue weighted by Crippen LogP contribution is -2.29. The second kappa shape index (κ2) is 9.97. The van der Waals surface area contributed by atoms with E-state index < -0.39 is 6.04 Å². The molecule has 1 aliphatic rings. The fourth-order valence-electron chi connectivity index (χ4n) is 5.03. The molecule has 0 saturated carbocycles. The van der Waals surface area contributed by atoms with E-state index in [-0.39, 0.29) is 11.7 Å². The van der Waals surface area contributed by atoms with Gasteiger partial charge >= 0.3 is 0 Å². The van der Waals surface area contributed by atoms with E-state index in [9.17, 15) is 9.90 Å². The quantitative estimate of drug-likeness (QED) is 0.235. The molecule has 0 radical (unpaired) electrons. The molecule has 6 nitrogen and oxygen atoms in total. The molecule has 1 atom stereocenters. The van der Waals surface area contributed by atoms with Gasteiger partial charge < -0.3 is 14.7 Å². The van der Waals surface area contributed by atoms with E-state index in [1.807, 2.05) is 97.6 Å². The highest BCUT2D eigenvalue weighted by atomic mass is 35.5. The Morgan fingerprint density at radius 1 is 0.949 bits per heavy atom. The molecule has 0 bridgehead atoms. The number of aromatic hydroxyl groups is 1. The fourth-order valence-corrected chi connectivity index (χ4v) is 5.19. The highest BCUT2D eigenvalue weighted by molar-refractivity contribution is 6.31. The topological polar surface area (TPSA) is 78.5 Å². The summed E-state index contributed by atoms with van der Waals surface area (Å²) in [6.07, 6.45) is 0. The average Bonchev–Trinajstić information content (AvgIpc) is 3.47. The minimum Gasteiger partial charge on any atom is -0.507 e. The van der Waals surface area contributed by atoms with Crippen LogP contribution in [0.3, 0.4) is 0 Å². The molecule has 1 aromatic heterocycles. The van der Waals surface area contributed by atoms with E-state index in [2.05, 4.69) is 10.2 Å². The molecule has 6 rings (SSSR count). The summed E-state index contributed by atoms with van der Waals surface area (Å²) in [6.45, 7) is 4.26.